The van der Waals surface area contributed by atoms with Crippen molar-refractivity contribution in [2.24, 2.45) is 5.92 Å². The van der Waals surface area contributed by atoms with Gasteiger partial charge in [-0.2, -0.15) is 11.8 Å². The summed E-state index contributed by atoms with van der Waals surface area (Å²) in [6.45, 7) is 0. The summed E-state index contributed by atoms with van der Waals surface area (Å²) >= 11 is 7.96. The van der Waals surface area contributed by atoms with Gasteiger partial charge in [-0.3, -0.25) is 4.79 Å². The summed E-state index contributed by atoms with van der Waals surface area (Å²) in [7, 11) is 1.77. The van der Waals surface area contributed by atoms with Gasteiger partial charge >= 0.3 is 5.97 Å². The quantitative estimate of drug-likeness (QED) is 0.748. The fraction of sp³-hybridized carbons (Fsp3) is 0.562. The SMILES string of the molecule is CNC1(C(=O)O)CCCC1CCSCc1ccccc1Cl. The van der Waals surface area contributed by atoms with Gasteiger partial charge in [0.1, 0.15) is 5.54 Å². The summed E-state index contributed by atoms with van der Waals surface area (Å²) in [6.07, 6.45) is 3.66. The molecule has 0 radical (unpaired) electrons. The van der Waals surface area contributed by atoms with Crippen LogP contribution in [0.3, 0.4) is 0 Å². The van der Waals surface area contributed by atoms with Crippen LogP contribution < -0.4 is 5.32 Å². The Morgan fingerprint density at radius 3 is 2.95 bits per heavy atom. The van der Waals surface area contributed by atoms with Crippen LogP contribution in [0.4, 0.5) is 0 Å². The van der Waals surface area contributed by atoms with Crippen molar-refractivity contribution in [1.82, 2.24) is 5.32 Å². The van der Waals surface area contributed by atoms with Crippen molar-refractivity contribution < 1.29 is 9.90 Å². The third kappa shape index (κ3) is 3.74. The number of carboxylic acids is 1. The lowest BCUT2D eigenvalue weighted by Crippen LogP contribution is -2.53. The first-order chi connectivity index (χ1) is 10.1. The molecule has 1 aromatic rings. The molecule has 2 unspecified atom stereocenters. The highest BCUT2D eigenvalue weighted by Gasteiger charge is 2.47. The number of hydrogen-bond acceptors (Lipinski definition) is 3. The average Bonchev–Trinajstić information content (AvgIpc) is 2.89. The Morgan fingerprint density at radius 1 is 1.52 bits per heavy atom. The zero-order valence-electron chi connectivity index (χ0n) is 12.3. The number of carbonyl (C=O) groups is 1. The third-order valence-electron chi connectivity index (χ3n) is 4.47. The zero-order valence-corrected chi connectivity index (χ0v) is 13.8. The molecule has 0 spiro atoms. The van der Waals surface area contributed by atoms with Crippen LogP contribution in [0.2, 0.25) is 5.02 Å². The molecule has 2 rings (SSSR count). The number of rotatable bonds is 7. The molecule has 2 N–H and O–H groups in total. The van der Waals surface area contributed by atoms with Crippen LogP contribution >= 0.6 is 23.4 Å². The Morgan fingerprint density at radius 2 is 2.29 bits per heavy atom. The third-order valence-corrected chi connectivity index (χ3v) is 5.88. The summed E-state index contributed by atoms with van der Waals surface area (Å²) < 4.78 is 0. The van der Waals surface area contributed by atoms with Crippen LogP contribution in [-0.2, 0) is 10.5 Å². The first kappa shape index (κ1) is 16.7. The van der Waals surface area contributed by atoms with Crippen molar-refractivity contribution in [3.63, 3.8) is 0 Å². The molecule has 21 heavy (non-hydrogen) atoms. The van der Waals surface area contributed by atoms with Crippen molar-refractivity contribution >= 4 is 29.3 Å². The summed E-state index contributed by atoms with van der Waals surface area (Å²) in [5.74, 6) is 1.36. The Hall–Kier alpha value is -0.710. The highest BCUT2D eigenvalue weighted by molar-refractivity contribution is 7.98. The molecule has 5 heteroatoms. The molecule has 0 heterocycles. The Bertz CT molecular complexity index is 497. The van der Waals surface area contributed by atoms with E-state index in [0.717, 1.165) is 47.8 Å². The van der Waals surface area contributed by atoms with E-state index in [1.54, 1.807) is 7.05 Å². The maximum atomic E-state index is 11.6. The van der Waals surface area contributed by atoms with Crippen molar-refractivity contribution in [1.29, 1.82) is 0 Å². The number of thioether (sulfide) groups is 1. The number of halogens is 1. The predicted octanol–water partition coefficient (Wildman–Crippen LogP) is 3.81. The molecule has 116 valence electrons. The lowest BCUT2D eigenvalue weighted by Gasteiger charge is -2.31. The number of carboxylic acid groups (broad SMARTS) is 1. The molecule has 1 fully saturated rings. The molecule has 2 atom stereocenters. The summed E-state index contributed by atoms with van der Waals surface area (Å²) in [5, 5.41) is 13.4. The Kier molecular flexibility index (Phi) is 5.97. The van der Waals surface area contributed by atoms with E-state index in [-0.39, 0.29) is 5.92 Å². The van der Waals surface area contributed by atoms with E-state index in [1.807, 2.05) is 36.0 Å². The highest BCUT2D eigenvalue weighted by atomic mass is 35.5. The van der Waals surface area contributed by atoms with Crippen LogP contribution in [0.15, 0.2) is 24.3 Å². The van der Waals surface area contributed by atoms with Gasteiger partial charge in [0, 0.05) is 10.8 Å². The van der Waals surface area contributed by atoms with Gasteiger partial charge in [0.25, 0.3) is 0 Å². The van der Waals surface area contributed by atoms with Crippen LogP contribution in [0.1, 0.15) is 31.2 Å². The molecular formula is C16H22ClNO2S. The Labute approximate surface area is 135 Å². The average molecular weight is 328 g/mol. The number of nitrogens with one attached hydrogen (secondary N) is 1. The van der Waals surface area contributed by atoms with Crippen LogP contribution in [0.5, 0.6) is 0 Å². The minimum atomic E-state index is -0.717. The summed E-state index contributed by atoms with van der Waals surface area (Å²) in [5.41, 5.74) is 0.430. The second-order valence-electron chi connectivity index (χ2n) is 5.55. The number of benzene rings is 1. The number of hydrogen-bond donors (Lipinski definition) is 2. The lowest BCUT2D eigenvalue weighted by molar-refractivity contribution is -0.146. The maximum Gasteiger partial charge on any atom is 0.324 e. The first-order valence-electron chi connectivity index (χ1n) is 7.33. The molecule has 1 aliphatic rings. The molecule has 0 bridgehead atoms. The fourth-order valence-electron chi connectivity index (χ4n) is 3.21. The van der Waals surface area contributed by atoms with Crippen molar-refractivity contribution in [3.05, 3.63) is 34.9 Å². The van der Waals surface area contributed by atoms with E-state index in [9.17, 15) is 9.90 Å². The highest BCUT2D eigenvalue weighted by Crippen LogP contribution is 2.39. The molecule has 0 aromatic heterocycles. The van der Waals surface area contributed by atoms with E-state index >= 15 is 0 Å². The van der Waals surface area contributed by atoms with Crippen LogP contribution in [-0.4, -0.2) is 29.4 Å². The first-order valence-corrected chi connectivity index (χ1v) is 8.87. The number of likely N-dealkylation sites (N-methyl/N-ethyl adjacent to an activating group) is 1. The monoisotopic (exact) mass is 327 g/mol. The Balaban J connectivity index is 1.83. The molecule has 1 saturated carbocycles. The van der Waals surface area contributed by atoms with E-state index < -0.39 is 11.5 Å². The van der Waals surface area contributed by atoms with Gasteiger partial charge in [-0.1, -0.05) is 36.2 Å². The smallest absolute Gasteiger partial charge is 0.324 e. The van der Waals surface area contributed by atoms with E-state index in [4.69, 9.17) is 11.6 Å². The van der Waals surface area contributed by atoms with E-state index in [0.29, 0.717) is 0 Å². The topological polar surface area (TPSA) is 49.3 Å². The molecular weight excluding hydrogens is 306 g/mol. The van der Waals surface area contributed by atoms with Crippen molar-refractivity contribution in [2.45, 2.75) is 37.0 Å². The minimum absolute atomic E-state index is 0.221. The van der Waals surface area contributed by atoms with Gasteiger partial charge < -0.3 is 10.4 Å². The largest absolute Gasteiger partial charge is 0.480 e. The molecule has 0 amide bonds. The second kappa shape index (κ2) is 7.52. The zero-order chi connectivity index (χ0) is 15.3. The van der Waals surface area contributed by atoms with Gasteiger partial charge in [0.2, 0.25) is 0 Å². The summed E-state index contributed by atoms with van der Waals surface area (Å²) in [6, 6.07) is 7.88. The standard InChI is InChI=1S/C16H22ClNO2S/c1-18-16(15(19)20)9-4-6-13(16)8-10-21-11-12-5-2-3-7-14(12)17/h2-3,5,7,13,18H,4,6,8-11H2,1H3,(H,19,20). The molecule has 1 aliphatic carbocycles. The van der Waals surface area contributed by atoms with E-state index in [1.165, 1.54) is 0 Å². The van der Waals surface area contributed by atoms with Crippen molar-refractivity contribution in [2.75, 3.05) is 12.8 Å². The lowest BCUT2D eigenvalue weighted by atomic mass is 9.85. The van der Waals surface area contributed by atoms with E-state index in [2.05, 4.69) is 5.32 Å². The summed E-state index contributed by atoms with van der Waals surface area (Å²) in [4.78, 5) is 11.6. The molecule has 3 nitrogen and oxygen atoms in total. The molecule has 0 saturated heterocycles. The molecule has 0 aliphatic heterocycles. The van der Waals surface area contributed by atoms with Crippen LogP contribution in [0, 0.1) is 5.92 Å². The normalized spacial score (nSPS) is 25.1. The van der Waals surface area contributed by atoms with Gasteiger partial charge in [-0.05, 0) is 49.6 Å². The number of aliphatic carboxylic acids is 1. The van der Waals surface area contributed by atoms with Gasteiger partial charge in [-0.15, -0.1) is 0 Å². The predicted molar refractivity (Wildman–Crippen MR) is 89.0 cm³/mol. The second-order valence-corrected chi connectivity index (χ2v) is 7.06. The fourth-order valence-corrected chi connectivity index (χ4v) is 4.56. The van der Waals surface area contributed by atoms with Crippen LogP contribution in [0.25, 0.3) is 0 Å². The van der Waals surface area contributed by atoms with Gasteiger partial charge in [0.15, 0.2) is 0 Å². The minimum Gasteiger partial charge on any atom is -0.480 e. The van der Waals surface area contributed by atoms with Crippen molar-refractivity contribution in [3.8, 4) is 0 Å². The maximum absolute atomic E-state index is 11.6. The van der Waals surface area contributed by atoms with Gasteiger partial charge in [-0.25, -0.2) is 0 Å². The molecule has 1 aromatic carbocycles. The van der Waals surface area contributed by atoms with Gasteiger partial charge in [0.05, 0.1) is 0 Å².